The maximum absolute atomic E-state index is 6.28. The SMILES string of the molecule is CC(O[Si](C)(C)C)[O+](CCc1ccccc1)[Si](C)(C)C. The van der Waals surface area contributed by atoms with Gasteiger partial charge >= 0.3 is 8.32 Å². The van der Waals surface area contributed by atoms with Crippen LogP contribution in [0.4, 0.5) is 0 Å². The second kappa shape index (κ2) is 7.03. The van der Waals surface area contributed by atoms with Gasteiger partial charge in [-0.15, -0.1) is 0 Å². The Morgan fingerprint density at radius 1 is 1.00 bits per heavy atom. The highest BCUT2D eigenvalue weighted by atomic mass is 28.4. The van der Waals surface area contributed by atoms with E-state index in [1.54, 1.807) is 0 Å². The van der Waals surface area contributed by atoms with Crippen molar-refractivity contribution in [3.05, 3.63) is 35.9 Å². The lowest BCUT2D eigenvalue weighted by atomic mass is 10.2. The van der Waals surface area contributed by atoms with Crippen LogP contribution in [0.2, 0.25) is 39.3 Å². The van der Waals surface area contributed by atoms with Crippen LogP contribution >= 0.6 is 0 Å². The zero-order chi connectivity index (χ0) is 15.4. The van der Waals surface area contributed by atoms with Gasteiger partial charge in [0.1, 0.15) is 6.61 Å². The lowest BCUT2D eigenvalue weighted by Gasteiger charge is -2.38. The molecule has 0 fully saturated rings. The Balaban J connectivity index is 2.70. The van der Waals surface area contributed by atoms with E-state index in [1.165, 1.54) is 5.56 Å². The Hall–Kier alpha value is -0.426. The van der Waals surface area contributed by atoms with Crippen LogP contribution in [0.25, 0.3) is 0 Å². The van der Waals surface area contributed by atoms with Gasteiger partial charge in [-0.3, -0.25) is 0 Å². The summed E-state index contributed by atoms with van der Waals surface area (Å²) in [5.74, 6) is 0. The Bertz CT molecular complexity index is 393. The molecule has 0 saturated carbocycles. The minimum absolute atomic E-state index is 0.150. The van der Waals surface area contributed by atoms with E-state index in [0.717, 1.165) is 13.0 Å². The minimum atomic E-state index is -1.51. The summed E-state index contributed by atoms with van der Waals surface area (Å²) in [6.45, 7) is 17.1. The van der Waals surface area contributed by atoms with Gasteiger partial charge < -0.3 is 8.48 Å². The molecule has 0 N–H and O–H groups in total. The van der Waals surface area contributed by atoms with Crippen molar-refractivity contribution in [3.63, 3.8) is 0 Å². The smallest absolute Gasteiger partial charge is 0.378 e. The zero-order valence-corrected chi connectivity index (χ0v) is 16.2. The molecular formula is C16H31O2Si2+. The van der Waals surface area contributed by atoms with Gasteiger partial charge in [-0.1, -0.05) is 30.3 Å². The molecule has 0 spiro atoms. The summed E-state index contributed by atoms with van der Waals surface area (Å²) in [7, 11) is -2.97. The van der Waals surface area contributed by atoms with E-state index < -0.39 is 16.6 Å². The van der Waals surface area contributed by atoms with Gasteiger partial charge in [-0.2, -0.15) is 0 Å². The third-order valence-electron chi connectivity index (χ3n) is 3.16. The topological polar surface area (TPSA) is 11.9 Å². The van der Waals surface area contributed by atoms with Gasteiger partial charge in [-0.25, -0.2) is 0 Å². The fourth-order valence-electron chi connectivity index (χ4n) is 2.40. The van der Waals surface area contributed by atoms with E-state index in [4.69, 9.17) is 4.43 Å². The number of hydrogen-bond donors (Lipinski definition) is 0. The molecule has 0 aliphatic heterocycles. The predicted octanol–water partition coefficient (Wildman–Crippen LogP) is 4.81. The molecule has 1 atom stereocenters. The maximum atomic E-state index is 6.28. The standard InChI is InChI=1S/C16H31O2Si2/c1-15(17-19(2,3)4)18(20(5,6)7)14-13-16-11-9-8-10-12-16/h8-12,15H,13-14H2,1-7H3/q+1. The summed E-state index contributed by atoms with van der Waals surface area (Å²) in [6, 6.07) is 10.7. The summed E-state index contributed by atoms with van der Waals surface area (Å²) in [5.41, 5.74) is 1.39. The van der Waals surface area contributed by atoms with Gasteiger partial charge in [0, 0.05) is 33.0 Å². The fraction of sp³-hybridized carbons (Fsp3) is 0.625. The van der Waals surface area contributed by atoms with E-state index in [2.05, 4.69) is 80.6 Å². The average Bonchev–Trinajstić information content (AvgIpc) is 2.26. The van der Waals surface area contributed by atoms with Crippen LogP contribution in [0.3, 0.4) is 0 Å². The molecule has 0 bridgehead atoms. The Labute approximate surface area is 127 Å². The molecule has 1 aromatic rings. The van der Waals surface area contributed by atoms with Crippen molar-refractivity contribution in [2.75, 3.05) is 6.61 Å². The molecule has 0 aliphatic carbocycles. The highest BCUT2D eigenvalue weighted by Gasteiger charge is 2.38. The van der Waals surface area contributed by atoms with Crippen LogP contribution in [0.5, 0.6) is 0 Å². The molecule has 4 heteroatoms. The lowest BCUT2D eigenvalue weighted by molar-refractivity contribution is -0.162. The normalized spacial score (nSPS) is 14.6. The van der Waals surface area contributed by atoms with Gasteiger partial charge in [-0.05, 0) is 25.2 Å². The second-order valence-electron chi connectivity index (χ2n) is 7.28. The minimum Gasteiger partial charge on any atom is -0.496 e. The molecule has 0 amide bonds. The molecule has 20 heavy (non-hydrogen) atoms. The molecule has 0 radical (unpaired) electrons. The van der Waals surface area contributed by atoms with Gasteiger partial charge in [0.2, 0.25) is 6.29 Å². The Morgan fingerprint density at radius 3 is 2.00 bits per heavy atom. The zero-order valence-electron chi connectivity index (χ0n) is 14.2. The van der Waals surface area contributed by atoms with E-state index >= 15 is 0 Å². The molecule has 1 aromatic carbocycles. The van der Waals surface area contributed by atoms with E-state index in [0.29, 0.717) is 0 Å². The third kappa shape index (κ3) is 6.35. The molecule has 0 heterocycles. The number of benzene rings is 1. The maximum Gasteiger partial charge on any atom is 0.378 e. The van der Waals surface area contributed by atoms with Crippen molar-refractivity contribution in [1.82, 2.24) is 0 Å². The van der Waals surface area contributed by atoms with E-state index in [-0.39, 0.29) is 6.29 Å². The number of rotatable bonds is 7. The average molecular weight is 312 g/mol. The molecule has 2 nitrogen and oxygen atoms in total. The third-order valence-corrected chi connectivity index (χ3v) is 6.31. The predicted molar refractivity (Wildman–Crippen MR) is 93.3 cm³/mol. The van der Waals surface area contributed by atoms with Crippen molar-refractivity contribution in [2.24, 2.45) is 0 Å². The monoisotopic (exact) mass is 311 g/mol. The van der Waals surface area contributed by atoms with Crippen molar-refractivity contribution in [1.29, 1.82) is 0 Å². The first kappa shape index (κ1) is 17.6. The van der Waals surface area contributed by atoms with E-state index in [1.807, 2.05) is 0 Å². The number of hydrogen-bond acceptors (Lipinski definition) is 1. The van der Waals surface area contributed by atoms with Crippen LogP contribution in [0.15, 0.2) is 30.3 Å². The van der Waals surface area contributed by atoms with Gasteiger partial charge in [0.25, 0.3) is 0 Å². The van der Waals surface area contributed by atoms with Crippen molar-refractivity contribution in [2.45, 2.75) is 58.9 Å². The molecule has 0 aromatic heterocycles. The molecular weight excluding hydrogens is 280 g/mol. The van der Waals surface area contributed by atoms with Crippen molar-refractivity contribution < 1.29 is 8.48 Å². The second-order valence-corrected chi connectivity index (χ2v) is 16.5. The molecule has 1 rings (SSSR count). The van der Waals surface area contributed by atoms with Gasteiger partial charge in [0.05, 0.1) is 0 Å². The first-order valence-electron chi connectivity index (χ1n) is 7.51. The highest BCUT2D eigenvalue weighted by molar-refractivity contribution is 6.71. The Kier molecular flexibility index (Phi) is 6.19. The summed E-state index contributed by atoms with van der Waals surface area (Å²) < 4.78 is 9.83. The van der Waals surface area contributed by atoms with Crippen molar-refractivity contribution in [3.8, 4) is 0 Å². The molecule has 0 aliphatic rings. The fourth-order valence-corrected chi connectivity index (χ4v) is 5.36. The summed E-state index contributed by atoms with van der Waals surface area (Å²) >= 11 is 0. The van der Waals surface area contributed by atoms with Crippen LogP contribution in [-0.4, -0.2) is 29.5 Å². The quantitative estimate of drug-likeness (QED) is 0.399. The Morgan fingerprint density at radius 2 is 1.55 bits per heavy atom. The first-order chi connectivity index (χ1) is 9.09. The summed E-state index contributed by atoms with van der Waals surface area (Å²) in [4.78, 5) is 0. The van der Waals surface area contributed by atoms with Crippen molar-refractivity contribution >= 4 is 16.6 Å². The summed E-state index contributed by atoms with van der Waals surface area (Å²) in [6.07, 6.45) is 1.21. The van der Waals surface area contributed by atoms with E-state index in [9.17, 15) is 0 Å². The largest absolute Gasteiger partial charge is 0.496 e. The summed E-state index contributed by atoms with van der Waals surface area (Å²) in [5, 5.41) is 0. The van der Waals surface area contributed by atoms with Gasteiger partial charge in [0.15, 0.2) is 8.32 Å². The van der Waals surface area contributed by atoms with Crippen LogP contribution in [-0.2, 0) is 14.9 Å². The molecule has 114 valence electrons. The molecule has 0 saturated heterocycles. The van der Waals surface area contributed by atoms with Crippen LogP contribution in [0, 0.1) is 0 Å². The molecule has 1 unspecified atom stereocenters. The first-order valence-corrected chi connectivity index (χ1v) is 14.3. The van der Waals surface area contributed by atoms with Crippen LogP contribution in [0.1, 0.15) is 12.5 Å². The lowest BCUT2D eigenvalue weighted by Crippen LogP contribution is -2.48. The van der Waals surface area contributed by atoms with Crippen LogP contribution < -0.4 is 0 Å². The highest BCUT2D eigenvalue weighted by Crippen LogP contribution is 2.23.